The van der Waals surface area contributed by atoms with Crippen molar-refractivity contribution in [2.24, 2.45) is 4.99 Å². The number of allylic oxidation sites excluding steroid dienone is 1. The summed E-state index contributed by atoms with van der Waals surface area (Å²) in [4.78, 5) is 16.2. The minimum atomic E-state index is -4.22. The first-order valence-corrected chi connectivity index (χ1v) is 9.84. The molecule has 2 aromatic carbocycles. The quantitative estimate of drug-likeness (QED) is 0.808. The zero-order chi connectivity index (χ0) is 21.2. The summed E-state index contributed by atoms with van der Waals surface area (Å²) in [7, 11) is -2.91. The van der Waals surface area contributed by atoms with Crippen LogP contribution in [-0.4, -0.2) is 27.1 Å². The summed E-state index contributed by atoms with van der Waals surface area (Å²) < 4.78 is 59.7. The molecule has 0 saturated heterocycles. The SMILES string of the molecule is COc1ccccc1S(=O)(=O)NC(=O)C1=N/C(=C/c2c(F)cccc2F)C(C)=C1. The van der Waals surface area contributed by atoms with Crippen LogP contribution in [0.25, 0.3) is 6.08 Å². The zero-order valence-corrected chi connectivity index (χ0v) is 16.3. The summed E-state index contributed by atoms with van der Waals surface area (Å²) in [5.74, 6) is -2.47. The number of benzene rings is 2. The number of aliphatic imine (C=N–C) groups is 1. The molecule has 0 saturated carbocycles. The maximum absolute atomic E-state index is 13.8. The molecule has 0 aromatic heterocycles. The number of hydrogen-bond acceptors (Lipinski definition) is 5. The molecule has 1 aliphatic heterocycles. The molecule has 1 N–H and O–H groups in total. The van der Waals surface area contributed by atoms with Gasteiger partial charge in [0, 0.05) is 5.56 Å². The number of hydrogen-bond donors (Lipinski definition) is 1. The van der Waals surface area contributed by atoms with Gasteiger partial charge in [0.15, 0.2) is 0 Å². The molecular formula is C20H16F2N2O4S. The molecule has 0 bridgehead atoms. The predicted molar refractivity (Wildman–Crippen MR) is 104 cm³/mol. The number of sulfonamides is 1. The number of methoxy groups -OCH3 is 1. The standard InChI is InChI=1S/C20H16F2N2O4S/c1-12-10-17(23-16(12)11-13-14(21)6-5-7-15(13)22)20(25)24-29(26,27)19-9-4-3-8-18(19)28-2/h3-11H,1-2H3,(H,24,25)/b16-11+. The maximum atomic E-state index is 13.8. The van der Waals surface area contributed by atoms with E-state index >= 15 is 0 Å². The highest BCUT2D eigenvalue weighted by Crippen LogP contribution is 2.25. The second-order valence-corrected chi connectivity index (χ2v) is 7.73. The lowest BCUT2D eigenvalue weighted by molar-refractivity contribution is -0.113. The van der Waals surface area contributed by atoms with Crippen LogP contribution in [0.3, 0.4) is 0 Å². The van der Waals surface area contributed by atoms with Gasteiger partial charge in [0.25, 0.3) is 15.9 Å². The van der Waals surface area contributed by atoms with Gasteiger partial charge in [0.1, 0.15) is 28.0 Å². The van der Waals surface area contributed by atoms with E-state index in [1.807, 2.05) is 4.72 Å². The largest absolute Gasteiger partial charge is 0.495 e. The molecule has 0 aliphatic carbocycles. The number of rotatable bonds is 5. The van der Waals surface area contributed by atoms with E-state index in [0.717, 1.165) is 18.2 Å². The summed E-state index contributed by atoms with van der Waals surface area (Å²) in [6.45, 7) is 1.59. The number of nitrogens with zero attached hydrogens (tertiary/aromatic N) is 1. The van der Waals surface area contributed by atoms with Crippen molar-refractivity contribution in [2.45, 2.75) is 11.8 Å². The third-order valence-corrected chi connectivity index (χ3v) is 5.47. The normalized spacial score (nSPS) is 15.1. The van der Waals surface area contributed by atoms with Crippen LogP contribution in [0, 0.1) is 11.6 Å². The lowest BCUT2D eigenvalue weighted by Crippen LogP contribution is -2.35. The van der Waals surface area contributed by atoms with Gasteiger partial charge in [-0.1, -0.05) is 18.2 Å². The Morgan fingerprint density at radius 2 is 1.76 bits per heavy atom. The fraction of sp³-hybridized carbons (Fsp3) is 0.100. The highest BCUT2D eigenvalue weighted by Gasteiger charge is 2.26. The van der Waals surface area contributed by atoms with Crippen LogP contribution < -0.4 is 9.46 Å². The fourth-order valence-electron chi connectivity index (χ4n) is 2.65. The van der Waals surface area contributed by atoms with Crippen molar-refractivity contribution in [3.63, 3.8) is 0 Å². The van der Waals surface area contributed by atoms with Crippen LogP contribution >= 0.6 is 0 Å². The van der Waals surface area contributed by atoms with Crippen LogP contribution in [0.1, 0.15) is 12.5 Å². The van der Waals surface area contributed by atoms with Gasteiger partial charge in [-0.05, 0) is 48.9 Å². The van der Waals surface area contributed by atoms with E-state index in [2.05, 4.69) is 4.99 Å². The van der Waals surface area contributed by atoms with Crippen LogP contribution in [0.4, 0.5) is 8.78 Å². The van der Waals surface area contributed by atoms with E-state index < -0.39 is 27.6 Å². The van der Waals surface area contributed by atoms with Gasteiger partial charge in [-0.25, -0.2) is 26.9 Å². The molecule has 150 valence electrons. The third-order valence-electron chi connectivity index (χ3n) is 4.10. The first-order valence-electron chi connectivity index (χ1n) is 8.36. The van der Waals surface area contributed by atoms with E-state index in [9.17, 15) is 22.0 Å². The zero-order valence-electron chi connectivity index (χ0n) is 15.4. The van der Waals surface area contributed by atoms with Crippen molar-refractivity contribution < 1.29 is 26.7 Å². The second kappa shape index (κ2) is 7.96. The highest BCUT2D eigenvalue weighted by atomic mass is 32.2. The lowest BCUT2D eigenvalue weighted by atomic mass is 10.1. The smallest absolute Gasteiger partial charge is 0.283 e. The van der Waals surface area contributed by atoms with Crippen LogP contribution in [-0.2, 0) is 14.8 Å². The van der Waals surface area contributed by atoms with Crippen LogP contribution in [0.2, 0.25) is 0 Å². The Bertz CT molecular complexity index is 1160. The van der Waals surface area contributed by atoms with E-state index in [4.69, 9.17) is 4.74 Å². The number of carbonyl (C=O) groups excluding carboxylic acids is 1. The molecule has 0 spiro atoms. The van der Waals surface area contributed by atoms with E-state index in [-0.39, 0.29) is 27.6 Å². The van der Waals surface area contributed by atoms with Crippen molar-refractivity contribution in [2.75, 3.05) is 7.11 Å². The Morgan fingerprint density at radius 3 is 2.41 bits per heavy atom. The van der Waals surface area contributed by atoms with Crippen molar-refractivity contribution >= 4 is 27.7 Å². The summed E-state index contributed by atoms with van der Waals surface area (Å²) >= 11 is 0. The van der Waals surface area contributed by atoms with E-state index in [1.165, 1.54) is 37.5 Å². The van der Waals surface area contributed by atoms with Gasteiger partial charge in [-0.15, -0.1) is 0 Å². The van der Waals surface area contributed by atoms with Crippen molar-refractivity contribution in [1.29, 1.82) is 0 Å². The van der Waals surface area contributed by atoms with Gasteiger partial charge < -0.3 is 4.74 Å². The number of halogens is 2. The molecule has 3 rings (SSSR count). The number of para-hydroxylation sites is 1. The average molecular weight is 418 g/mol. The summed E-state index contributed by atoms with van der Waals surface area (Å²) in [5, 5.41) is 0. The Kier molecular flexibility index (Phi) is 5.60. The van der Waals surface area contributed by atoms with E-state index in [0.29, 0.717) is 5.57 Å². The van der Waals surface area contributed by atoms with Gasteiger partial charge in [0.05, 0.1) is 12.8 Å². The highest BCUT2D eigenvalue weighted by molar-refractivity contribution is 7.90. The molecule has 2 aromatic rings. The van der Waals surface area contributed by atoms with Crippen molar-refractivity contribution in [3.05, 3.63) is 77.0 Å². The molecule has 29 heavy (non-hydrogen) atoms. The topological polar surface area (TPSA) is 84.8 Å². The van der Waals surface area contributed by atoms with Crippen LogP contribution in [0.5, 0.6) is 5.75 Å². The lowest BCUT2D eigenvalue weighted by Gasteiger charge is -2.09. The van der Waals surface area contributed by atoms with Gasteiger partial charge in [0.2, 0.25) is 0 Å². The average Bonchev–Trinajstić information content (AvgIpc) is 3.05. The third kappa shape index (κ3) is 4.24. The Balaban J connectivity index is 1.89. The molecular weight excluding hydrogens is 402 g/mol. The molecule has 0 radical (unpaired) electrons. The van der Waals surface area contributed by atoms with Crippen molar-refractivity contribution in [1.82, 2.24) is 4.72 Å². The van der Waals surface area contributed by atoms with Crippen LogP contribution in [0.15, 0.2) is 69.7 Å². The van der Waals surface area contributed by atoms with E-state index in [1.54, 1.807) is 13.0 Å². The predicted octanol–water partition coefficient (Wildman–Crippen LogP) is 3.22. The first kappa shape index (κ1) is 20.4. The summed E-state index contributed by atoms with van der Waals surface area (Å²) in [5.41, 5.74) is 0.0904. The minimum Gasteiger partial charge on any atom is -0.495 e. The minimum absolute atomic E-state index is 0.0727. The Morgan fingerprint density at radius 1 is 1.10 bits per heavy atom. The van der Waals surface area contributed by atoms with Gasteiger partial charge in [-0.2, -0.15) is 0 Å². The summed E-state index contributed by atoms with van der Waals surface area (Å²) in [6.07, 6.45) is 2.49. The molecule has 9 heteroatoms. The summed E-state index contributed by atoms with van der Waals surface area (Å²) in [6, 6.07) is 9.24. The molecule has 6 nitrogen and oxygen atoms in total. The molecule has 1 heterocycles. The molecule has 0 fully saturated rings. The molecule has 0 unspecified atom stereocenters. The molecule has 1 aliphatic rings. The number of nitrogens with one attached hydrogen (secondary N) is 1. The monoisotopic (exact) mass is 418 g/mol. The number of ether oxygens (including phenoxy) is 1. The van der Waals surface area contributed by atoms with Crippen molar-refractivity contribution in [3.8, 4) is 5.75 Å². The fourth-order valence-corrected chi connectivity index (χ4v) is 3.78. The maximum Gasteiger partial charge on any atom is 0.283 e. The molecule has 0 atom stereocenters. The van der Waals surface area contributed by atoms with Gasteiger partial charge >= 0.3 is 0 Å². The van der Waals surface area contributed by atoms with Gasteiger partial charge in [-0.3, -0.25) is 4.79 Å². The number of carbonyl (C=O) groups is 1. The second-order valence-electron chi connectivity index (χ2n) is 6.07. The Hall–Kier alpha value is -3.33. The molecule has 1 amide bonds. The Labute approximate surface area is 166 Å². The first-order chi connectivity index (χ1) is 13.7. The number of amides is 1.